The molecule has 0 aliphatic carbocycles. The van der Waals surface area contributed by atoms with Crippen molar-refractivity contribution in [1.82, 2.24) is 14.5 Å². The summed E-state index contributed by atoms with van der Waals surface area (Å²) in [6.07, 6.45) is 5.74. The van der Waals surface area contributed by atoms with Crippen LogP contribution in [0, 0.1) is 0 Å². The van der Waals surface area contributed by atoms with Crippen LogP contribution in [0.1, 0.15) is 18.5 Å². The van der Waals surface area contributed by atoms with Crippen molar-refractivity contribution in [2.24, 2.45) is 7.05 Å². The van der Waals surface area contributed by atoms with Gasteiger partial charge in [0, 0.05) is 45.7 Å². The Morgan fingerprint density at radius 1 is 1.29 bits per heavy atom. The highest BCUT2D eigenvalue weighted by molar-refractivity contribution is 4.98. The SMILES string of the molecule is Cn1cncc1CN1CCC2(CC1)OCCO2. The molecule has 3 rings (SSSR count). The molecule has 0 amide bonds. The molecule has 2 aliphatic rings. The molecule has 2 aliphatic heterocycles. The van der Waals surface area contributed by atoms with E-state index >= 15 is 0 Å². The molecule has 0 unspecified atom stereocenters. The fourth-order valence-electron chi connectivity index (χ4n) is 2.60. The summed E-state index contributed by atoms with van der Waals surface area (Å²) in [5, 5.41) is 0. The summed E-state index contributed by atoms with van der Waals surface area (Å²) in [6.45, 7) is 4.53. The lowest BCUT2D eigenvalue weighted by molar-refractivity contribution is -0.185. The smallest absolute Gasteiger partial charge is 0.170 e. The van der Waals surface area contributed by atoms with Crippen LogP contribution in [0.5, 0.6) is 0 Å². The number of aryl methyl sites for hydroxylation is 1. The molecule has 5 heteroatoms. The van der Waals surface area contributed by atoms with E-state index in [1.807, 2.05) is 19.6 Å². The normalized spacial score (nSPS) is 24.5. The fourth-order valence-corrected chi connectivity index (χ4v) is 2.60. The quantitative estimate of drug-likeness (QED) is 0.761. The lowest BCUT2D eigenvalue weighted by atomic mass is 10.0. The molecule has 0 bridgehead atoms. The van der Waals surface area contributed by atoms with Gasteiger partial charge < -0.3 is 14.0 Å². The van der Waals surface area contributed by atoms with Gasteiger partial charge in [0.15, 0.2) is 5.79 Å². The Morgan fingerprint density at radius 3 is 2.59 bits per heavy atom. The topological polar surface area (TPSA) is 39.5 Å². The lowest BCUT2D eigenvalue weighted by Gasteiger charge is -2.37. The molecule has 0 saturated carbocycles. The van der Waals surface area contributed by atoms with Gasteiger partial charge in [0.2, 0.25) is 0 Å². The Labute approximate surface area is 101 Å². The molecule has 0 N–H and O–H groups in total. The number of likely N-dealkylation sites (tertiary alicyclic amines) is 1. The van der Waals surface area contributed by atoms with E-state index in [1.54, 1.807) is 0 Å². The monoisotopic (exact) mass is 237 g/mol. The maximum absolute atomic E-state index is 5.72. The number of nitrogens with zero attached hydrogens (tertiary/aromatic N) is 3. The zero-order valence-corrected chi connectivity index (χ0v) is 10.3. The molecule has 3 heterocycles. The van der Waals surface area contributed by atoms with E-state index in [2.05, 4.69) is 14.5 Å². The predicted octanol–water partition coefficient (Wildman–Crippen LogP) is 0.759. The van der Waals surface area contributed by atoms with Crippen molar-refractivity contribution in [3.63, 3.8) is 0 Å². The highest BCUT2D eigenvalue weighted by Crippen LogP contribution is 2.31. The van der Waals surface area contributed by atoms with Gasteiger partial charge in [-0.1, -0.05) is 0 Å². The number of imidazole rings is 1. The number of rotatable bonds is 2. The molecule has 2 saturated heterocycles. The van der Waals surface area contributed by atoms with Crippen LogP contribution < -0.4 is 0 Å². The molecule has 1 aromatic heterocycles. The van der Waals surface area contributed by atoms with Crippen LogP contribution in [0.2, 0.25) is 0 Å². The average molecular weight is 237 g/mol. The highest BCUT2D eigenvalue weighted by atomic mass is 16.7. The molecule has 0 atom stereocenters. The highest BCUT2D eigenvalue weighted by Gasteiger charge is 2.39. The summed E-state index contributed by atoms with van der Waals surface area (Å²) < 4.78 is 13.5. The first-order valence-electron chi connectivity index (χ1n) is 6.23. The van der Waals surface area contributed by atoms with Crippen LogP contribution in [0.15, 0.2) is 12.5 Å². The second-order valence-corrected chi connectivity index (χ2v) is 4.88. The van der Waals surface area contributed by atoms with Gasteiger partial charge in [-0.15, -0.1) is 0 Å². The summed E-state index contributed by atoms with van der Waals surface area (Å²) >= 11 is 0. The van der Waals surface area contributed by atoms with Gasteiger partial charge in [-0.05, 0) is 0 Å². The first-order chi connectivity index (χ1) is 8.27. The molecule has 2 fully saturated rings. The van der Waals surface area contributed by atoms with E-state index in [9.17, 15) is 0 Å². The molecule has 17 heavy (non-hydrogen) atoms. The van der Waals surface area contributed by atoms with E-state index < -0.39 is 0 Å². The number of hydrogen-bond donors (Lipinski definition) is 0. The Hall–Kier alpha value is -0.910. The van der Waals surface area contributed by atoms with E-state index in [0.717, 1.165) is 45.7 Å². The Kier molecular flexibility index (Phi) is 2.90. The zero-order valence-electron chi connectivity index (χ0n) is 10.3. The van der Waals surface area contributed by atoms with Crippen molar-refractivity contribution in [2.45, 2.75) is 25.2 Å². The minimum absolute atomic E-state index is 0.261. The third kappa shape index (κ3) is 2.22. The Morgan fingerprint density at radius 2 is 2.00 bits per heavy atom. The van der Waals surface area contributed by atoms with Crippen molar-refractivity contribution in [3.05, 3.63) is 18.2 Å². The summed E-state index contributed by atoms with van der Waals surface area (Å²) in [5.41, 5.74) is 1.26. The van der Waals surface area contributed by atoms with Crippen LogP contribution in [0.4, 0.5) is 0 Å². The number of hydrogen-bond acceptors (Lipinski definition) is 4. The molecule has 1 spiro atoms. The minimum atomic E-state index is -0.261. The minimum Gasteiger partial charge on any atom is -0.347 e. The predicted molar refractivity (Wildman–Crippen MR) is 62.4 cm³/mol. The van der Waals surface area contributed by atoms with Crippen LogP contribution in [-0.2, 0) is 23.1 Å². The zero-order chi connectivity index (χ0) is 11.7. The van der Waals surface area contributed by atoms with E-state index in [4.69, 9.17) is 9.47 Å². The number of piperidine rings is 1. The number of aromatic nitrogens is 2. The van der Waals surface area contributed by atoms with E-state index in [1.165, 1.54) is 5.69 Å². The van der Waals surface area contributed by atoms with Gasteiger partial charge in [-0.2, -0.15) is 0 Å². The molecule has 94 valence electrons. The second kappa shape index (κ2) is 4.40. The first kappa shape index (κ1) is 11.2. The number of ether oxygens (including phenoxy) is 2. The third-order valence-corrected chi connectivity index (χ3v) is 3.73. The molecular weight excluding hydrogens is 218 g/mol. The standard InChI is InChI=1S/C12H19N3O2/c1-14-10-13-8-11(14)9-15-4-2-12(3-5-15)16-6-7-17-12/h8,10H,2-7,9H2,1H3. The third-order valence-electron chi connectivity index (χ3n) is 3.73. The largest absolute Gasteiger partial charge is 0.347 e. The van der Waals surface area contributed by atoms with E-state index in [0.29, 0.717) is 0 Å². The molecule has 1 aromatic rings. The van der Waals surface area contributed by atoms with Crippen molar-refractivity contribution in [2.75, 3.05) is 26.3 Å². The first-order valence-corrected chi connectivity index (χ1v) is 6.23. The second-order valence-electron chi connectivity index (χ2n) is 4.88. The molecular formula is C12H19N3O2. The van der Waals surface area contributed by atoms with E-state index in [-0.39, 0.29) is 5.79 Å². The Balaban J connectivity index is 1.56. The van der Waals surface area contributed by atoms with Crippen molar-refractivity contribution >= 4 is 0 Å². The van der Waals surface area contributed by atoms with Gasteiger partial charge in [-0.3, -0.25) is 4.90 Å². The van der Waals surface area contributed by atoms with Crippen LogP contribution >= 0.6 is 0 Å². The van der Waals surface area contributed by atoms with Crippen LogP contribution in [-0.4, -0.2) is 46.5 Å². The van der Waals surface area contributed by atoms with Gasteiger partial charge in [0.05, 0.1) is 25.2 Å². The summed E-state index contributed by atoms with van der Waals surface area (Å²) in [7, 11) is 2.04. The molecule has 5 nitrogen and oxygen atoms in total. The van der Waals surface area contributed by atoms with Crippen molar-refractivity contribution < 1.29 is 9.47 Å². The summed E-state index contributed by atoms with van der Waals surface area (Å²) in [4.78, 5) is 6.58. The van der Waals surface area contributed by atoms with Crippen molar-refractivity contribution in [1.29, 1.82) is 0 Å². The van der Waals surface area contributed by atoms with Crippen LogP contribution in [0.25, 0.3) is 0 Å². The maximum atomic E-state index is 5.72. The summed E-state index contributed by atoms with van der Waals surface area (Å²) in [5.74, 6) is -0.261. The van der Waals surface area contributed by atoms with Gasteiger partial charge in [0.25, 0.3) is 0 Å². The van der Waals surface area contributed by atoms with Gasteiger partial charge in [-0.25, -0.2) is 4.98 Å². The van der Waals surface area contributed by atoms with Gasteiger partial charge in [0.1, 0.15) is 0 Å². The average Bonchev–Trinajstić information content (AvgIpc) is 2.94. The van der Waals surface area contributed by atoms with Crippen molar-refractivity contribution in [3.8, 4) is 0 Å². The lowest BCUT2D eigenvalue weighted by Crippen LogP contribution is -2.44. The van der Waals surface area contributed by atoms with Crippen LogP contribution in [0.3, 0.4) is 0 Å². The Bertz CT molecular complexity index is 375. The molecule has 0 aromatic carbocycles. The van der Waals surface area contributed by atoms with Gasteiger partial charge >= 0.3 is 0 Å². The fraction of sp³-hybridized carbons (Fsp3) is 0.750. The maximum Gasteiger partial charge on any atom is 0.170 e. The summed E-state index contributed by atoms with van der Waals surface area (Å²) in [6, 6.07) is 0. The molecule has 0 radical (unpaired) electrons.